The van der Waals surface area contributed by atoms with Gasteiger partial charge >= 0.3 is 0 Å². The molecule has 2 amide bonds. The van der Waals surface area contributed by atoms with Crippen molar-refractivity contribution in [3.63, 3.8) is 0 Å². The van der Waals surface area contributed by atoms with Crippen LogP contribution >= 0.6 is 11.8 Å². The van der Waals surface area contributed by atoms with Gasteiger partial charge in [0, 0.05) is 25.6 Å². The molecular formula is C20H40N2O3S. The fourth-order valence-electron chi connectivity index (χ4n) is 2.97. The van der Waals surface area contributed by atoms with Crippen molar-refractivity contribution in [1.29, 1.82) is 0 Å². The molecule has 0 heterocycles. The van der Waals surface area contributed by atoms with Crippen molar-refractivity contribution >= 4 is 23.6 Å². The van der Waals surface area contributed by atoms with Crippen LogP contribution in [0.1, 0.15) is 80.1 Å². The van der Waals surface area contributed by atoms with Crippen LogP contribution in [0.5, 0.6) is 0 Å². The molecule has 0 aromatic carbocycles. The molecule has 0 radical (unpaired) electrons. The molecule has 0 rings (SSSR count). The van der Waals surface area contributed by atoms with E-state index in [1.807, 2.05) is 0 Å². The molecule has 0 aromatic heterocycles. The molecule has 5 nitrogen and oxygen atoms in total. The lowest BCUT2D eigenvalue weighted by molar-refractivity contribution is -0.127. The molecule has 154 valence electrons. The summed E-state index contributed by atoms with van der Waals surface area (Å²) in [6, 6.07) is 0. The molecule has 0 aliphatic carbocycles. The standard InChI is InChI=1S/C20H40N2O3S/c1-7-19(8-2,22-18(24)12-15-26-11-5)16-25-20(9-3,10-4)13-14-21-17(6)23/h7-16H2,1-6H3,(H,21,23)(H,22,24). The van der Waals surface area contributed by atoms with Gasteiger partial charge in [0.2, 0.25) is 11.8 Å². The van der Waals surface area contributed by atoms with Gasteiger partial charge in [0.15, 0.2) is 0 Å². The third kappa shape index (κ3) is 9.26. The van der Waals surface area contributed by atoms with E-state index in [9.17, 15) is 9.59 Å². The molecule has 0 unspecified atom stereocenters. The second-order valence-electron chi connectivity index (χ2n) is 6.89. The van der Waals surface area contributed by atoms with E-state index in [1.54, 1.807) is 11.8 Å². The van der Waals surface area contributed by atoms with E-state index in [-0.39, 0.29) is 23.0 Å². The van der Waals surface area contributed by atoms with Gasteiger partial charge in [-0.05, 0) is 37.9 Å². The van der Waals surface area contributed by atoms with Crippen LogP contribution in [0.2, 0.25) is 0 Å². The number of hydrogen-bond acceptors (Lipinski definition) is 4. The first-order valence-corrected chi connectivity index (χ1v) is 11.2. The molecule has 0 saturated heterocycles. The Labute approximate surface area is 164 Å². The van der Waals surface area contributed by atoms with E-state index in [0.717, 1.165) is 43.6 Å². The fraction of sp³-hybridized carbons (Fsp3) is 0.900. The lowest BCUT2D eigenvalue weighted by Gasteiger charge is -2.39. The summed E-state index contributed by atoms with van der Waals surface area (Å²) < 4.78 is 6.41. The summed E-state index contributed by atoms with van der Waals surface area (Å²) in [6.45, 7) is 13.2. The van der Waals surface area contributed by atoms with Crippen molar-refractivity contribution < 1.29 is 14.3 Å². The predicted molar refractivity (Wildman–Crippen MR) is 112 cm³/mol. The highest BCUT2D eigenvalue weighted by molar-refractivity contribution is 7.99. The summed E-state index contributed by atoms with van der Waals surface area (Å²) in [4.78, 5) is 23.5. The number of thioether (sulfide) groups is 1. The number of hydrogen-bond donors (Lipinski definition) is 2. The summed E-state index contributed by atoms with van der Waals surface area (Å²) in [5.74, 6) is 1.99. The lowest BCUT2D eigenvalue weighted by atomic mass is 9.90. The molecule has 0 atom stereocenters. The SMILES string of the molecule is CCSCCC(=O)NC(CC)(CC)COC(CC)(CC)CCNC(C)=O. The summed E-state index contributed by atoms with van der Waals surface area (Å²) in [7, 11) is 0. The fourth-order valence-corrected chi connectivity index (χ4v) is 3.59. The minimum Gasteiger partial charge on any atom is -0.373 e. The van der Waals surface area contributed by atoms with Crippen molar-refractivity contribution in [3.05, 3.63) is 0 Å². The Hall–Kier alpha value is -0.750. The van der Waals surface area contributed by atoms with E-state index in [0.29, 0.717) is 19.6 Å². The molecular weight excluding hydrogens is 348 g/mol. The number of nitrogens with one attached hydrogen (secondary N) is 2. The van der Waals surface area contributed by atoms with Crippen molar-refractivity contribution in [1.82, 2.24) is 10.6 Å². The number of ether oxygens (including phenoxy) is 1. The molecule has 2 N–H and O–H groups in total. The Bertz CT molecular complexity index is 408. The number of rotatable bonds is 15. The maximum absolute atomic E-state index is 12.3. The Morgan fingerprint density at radius 3 is 2.08 bits per heavy atom. The zero-order valence-electron chi connectivity index (χ0n) is 17.7. The van der Waals surface area contributed by atoms with E-state index >= 15 is 0 Å². The lowest BCUT2D eigenvalue weighted by Crippen LogP contribution is -2.53. The van der Waals surface area contributed by atoms with Gasteiger partial charge in [-0.3, -0.25) is 9.59 Å². The van der Waals surface area contributed by atoms with Gasteiger partial charge in [-0.25, -0.2) is 0 Å². The van der Waals surface area contributed by atoms with Crippen molar-refractivity contribution in [2.24, 2.45) is 0 Å². The molecule has 0 aliphatic heterocycles. The number of amides is 2. The Morgan fingerprint density at radius 1 is 1.00 bits per heavy atom. The molecule has 0 fully saturated rings. The molecule has 0 saturated carbocycles. The van der Waals surface area contributed by atoms with Gasteiger partial charge in [0.25, 0.3) is 0 Å². The first-order valence-electron chi connectivity index (χ1n) is 10.1. The molecule has 0 spiro atoms. The van der Waals surface area contributed by atoms with Crippen LogP contribution in [0.3, 0.4) is 0 Å². The number of carbonyl (C=O) groups is 2. The topological polar surface area (TPSA) is 67.4 Å². The molecule has 26 heavy (non-hydrogen) atoms. The Kier molecular flexibility index (Phi) is 13.0. The first kappa shape index (κ1) is 25.2. The summed E-state index contributed by atoms with van der Waals surface area (Å²) in [5, 5.41) is 6.10. The normalized spacial score (nSPS) is 12.1. The smallest absolute Gasteiger partial charge is 0.221 e. The third-order valence-corrected chi connectivity index (χ3v) is 6.23. The monoisotopic (exact) mass is 388 g/mol. The van der Waals surface area contributed by atoms with Crippen LogP contribution < -0.4 is 10.6 Å². The summed E-state index contributed by atoms with van der Waals surface area (Å²) in [6.07, 6.45) is 4.78. The average Bonchev–Trinajstić information content (AvgIpc) is 2.63. The van der Waals surface area contributed by atoms with E-state index in [4.69, 9.17) is 4.74 Å². The van der Waals surface area contributed by atoms with Gasteiger partial charge in [0.1, 0.15) is 0 Å². The van der Waals surface area contributed by atoms with Gasteiger partial charge in [0.05, 0.1) is 17.7 Å². The first-order chi connectivity index (χ1) is 12.3. The molecule has 6 heteroatoms. The van der Waals surface area contributed by atoms with Crippen LogP contribution in [0.4, 0.5) is 0 Å². The zero-order valence-corrected chi connectivity index (χ0v) is 18.5. The van der Waals surface area contributed by atoms with Crippen molar-refractivity contribution in [2.75, 3.05) is 24.7 Å². The second-order valence-corrected chi connectivity index (χ2v) is 8.29. The number of carbonyl (C=O) groups excluding carboxylic acids is 2. The van der Waals surface area contributed by atoms with Gasteiger partial charge in [-0.15, -0.1) is 0 Å². The van der Waals surface area contributed by atoms with Crippen molar-refractivity contribution in [2.45, 2.75) is 91.2 Å². The average molecular weight is 389 g/mol. The largest absolute Gasteiger partial charge is 0.373 e. The summed E-state index contributed by atoms with van der Waals surface area (Å²) in [5.41, 5.74) is -0.585. The van der Waals surface area contributed by atoms with E-state index in [2.05, 4.69) is 45.3 Å². The zero-order chi connectivity index (χ0) is 20.1. The van der Waals surface area contributed by atoms with Crippen LogP contribution in [-0.2, 0) is 14.3 Å². The molecule has 0 bridgehead atoms. The van der Waals surface area contributed by atoms with E-state index < -0.39 is 0 Å². The molecule has 0 aromatic rings. The Balaban J connectivity index is 4.86. The van der Waals surface area contributed by atoms with Crippen LogP contribution in [-0.4, -0.2) is 47.6 Å². The predicted octanol–water partition coefficient (Wildman–Crippen LogP) is 3.91. The van der Waals surface area contributed by atoms with E-state index in [1.165, 1.54) is 6.92 Å². The highest BCUT2D eigenvalue weighted by atomic mass is 32.2. The van der Waals surface area contributed by atoms with Gasteiger partial charge in [-0.2, -0.15) is 11.8 Å². The van der Waals surface area contributed by atoms with Gasteiger partial charge in [-0.1, -0.05) is 34.6 Å². The maximum atomic E-state index is 12.3. The quantitative estimate of drug-likeness (QED) is 0.417. The highest BCUT2D eigenvalue weighted by Gasteiger charge is 2.34. The highest BCUT2D eigenvalue weighted by Crippen LogP contribution is 2.28. The van der Waals surface area contributed by atoms with Crippen LogP contribution in [0, 0.1) is 0 Å². The van der Waals surface area contributed by atoms with Crippen molar-refractivity contribution in [3.8, 4) is 0 Å². The van der Waals surface area contributed by atoms with Crippen LogP contribution in [0.15, 0.2) is 0 Å². The van der Waals surface area contributed by atoms with Crippen LogP contribution in [0.25, 0.3) is 0 Å². The minimum atomic E-state index is -0.322. The minimum absolute atomic E-state index is 0.0141. The van der Waals surface area contributed by atoms with Gasteiger partial charge < -0.3 is 15.4 Å². The molecule has 0 aliphatic rings. The maximum Gasteiger partial charge on any atom is 0.221 e. The third-order valence-electron chi connectivity index (χ3n) is 5.33. The second kappa shape index (κ2) is 13.4. The summed E-state index contributed by atoms with van der Waals surface area (Å²) >= 11 is 1.79. The Morgan fingerprint density at radius 2 is 1.62 bits per heavy atom.